The number of nitrogen functional groups attached to an aromatic ring is 1. The van der Waals surface area contributed by atoms with E-state index >= 15 is 0 Å². The molecule has 1 aliphatic rings. The van der Waals surface area contributed by atoms with E-state index in [2.05, 4.69) is 10.4 Å². The van der Waals surface area contributed by atoms with Crippen molar-refractivity contribution >= 4 is 29.0 Å². The number of nitrogens with zero attached hydrogens (tertiary/aromatic N) is 3. The zero-order valence-electron chi connectivity index (χ0n) is 14.3. The number of carbonyl (C=O) groups excluding carboxylic acids is 1. The molecular weight excluding hydrogens is 362 g/mol. The van der Waals surface area contributed by atoms with E-state index in [0.717, 1.165) is 12.0 Å². The summed E-state index contributed by atoms with van der Waals surface area (Å²) in [6.07, 6.45) is 2.22. The number of benzene rings is 2. The van der Waals surface area contributed by atoms with E-state index in [-0.39, 0.29) is 23.6 Å². The largest absolute Gasteiger partial charge is 0.382 e. The van der Waals surface area contributed by atoms with Crippen LogP contribution in [0.3, 0.4) is 0 Å². The third-order valence-electron chi connectivity index (χ3n) is 4.74. The van der Waals surface area contributed by atoms with Gasteiger partial charge in [0.05, 0.1) is 11.9 Å². The molecule has 0 aliphatic heterocycles. The minimum Gasteiger partial charge on any atom is -0.382 e. The fraction of sp³-hybridized carbons (Fsp3) is 0.150. The van der Waals surface area contributed by atoms with E-state index in [1.165, 1.54) is 10.9 Å². The summed E-state index contributed by atoms with van der Waals surface area (Å²) in [6.45, 7) is 0. The Hall–Kier alpha value is -3.30. The first kappa shape index (κ1) is 17.1. The van der Waals surface area contributed by atoms with Gasteiger partial charge in [0, 0.05) is 16.6 Å². The van der Waals surface area contributed by atoms with Crippen molar-refractivity contribution in [2.45, 2.75) is 12.3 Å². The van der Waals surface area contributed by atoms with Crippen molar-refractivity contribution in [2.24, 2.45) is 5.92 Å². The summed E-state index contributed by atoms with van der Waals surface area (Å²) in [7, 11) is 0. The van der Waals surface area contributed by atoms with Crippen molar-refractivity contribution in [3.63, 3.8) is 0 Å². The molecule has 3 aromatic rings. The highest BCUT2D eigenvalue weighted by atomic mass is 35.5. The van der Waals surface area contributed by atoms with Crippen molar-refractivity contribution in [3.05, 3.63) is 70.9 Å². The fourth-order valence-electron chi connectivity index (χ4n) is 3.18. The third kappa shape index (κ3) is 3.25. The fourth-order valence-corrected chi connectivity index (χ4v) is 3.45. The van der Waals surface area contributed by atoms with E-state index in [4.69, 9.17) is 22.6 Å². The van der Waals surface area contributed by atoms with E-state index in [0.29, 0.717) is 22.0 Å². The average Bonchev–Trinajstić information content (AvgIpc) is 3.39. The van der Waals surface area contributed by atoms with Gasteiger partial charge >= 0.3 is 0 Å². The van der Waals surface area contributed by atoms with Gasteiger partial charge in [-0.05, 0) is 48.2 Å². The van der Waals surface area contributed by atoms with Crippen molar-refractivity contribution in [1.82, 2.24) is 9.78 Å². The normalized spacial score (nSPS) is 17.9. The molecule has 4 rings (SSSR count). The van der Waals surface area contributed by atoms with Crippen LogP contribution in [-0.2, 0) is 4.79 Å². The lowest BCUT2D eigenvalue weighted by Crippen LogP contribution is -2.14. The van der Waals surface area contributed by atoms with E-state index < -0.39 is 0 Å². The van der Waals surface area contributed by atoms with Crippen LogP contribution in [0, 0.1) is 17.2 Å². The second-order valence-corrected chi connectivity index (χ2v) is 6.88. The van der Waals surface area contributed by atoms with E-state index in [1.54, 1.807) is 24.3 Å². The first-order chi connectivity index (χ1) is 13.1. The quantitative estimate of drug-likeness (QED) is 0.724. The van der Waals surface area contributed by atoms with Crippen LogP contribution in [0.15, 0.2) is 54.7 Å². The molecule has 1 fully saturated rings. The number of nitriles is 1. The summed E-state index contributed by atoms with van der Waals surface area (Å²) in [5, 5.41) is 16.7. The first-order valence-electron chi connectivity index (χ1n) is 8.48. The lowest BCUT2D eigenvalue weighted by Gasteiger charge is -2.08. The Morgan fingerprint density at radius 3 is 2.67 bits per heavy atom. The molecule has 1 heterocycles. The van der Waals surface area contributed by atoms with Gasteiger partial charge in [-0.2, -0.15) is 10.4 Å². The zero-order chi connectivity index (χ0) is 19.0. The Morgan fingerprint density at radius 1 is 1.26 bits per heavy atom. The highest BCUT2D eigenvalue weighted by molar-refractivity contribution is 6.31. The van der Waals surface area contributed by atoms with E-state index in [9.17, 15) is 4.79 Å². The van der Waals surface area contributed by atoms with Crippen LogP contribution in [0.5, 0.6) is 0 Å². The molecule has 0 bridgehead atoms. The molecule has 134 valence electrons. The smallest absolute Gasteiger partial charge is 0.228 e. The second-order valence-electron chi connectivity index (χ2n) is 6.47. The number of amides is 1. The molecule has 0 spiro atoms. The topological polar surface area (TPSA) is 96.7 Å². The second kappa shape index (κ2) is 6.78. The van der Waals surface area contributed by atoms with Crippen LogP contribution in [-0.4, -0.2) is 15.7 Å². The van der Waals surface area contributed by atoms with Crippen LogP contribution < -0.4 is 11.1 Å². The Bertz CT molecular complexity index is 1050. The molecule has 2 aromatic carbocycles. The molecule has 7 heteroatoms. The number of hydrogen-bond acceptors (Lipinski definition) is 4. The molecule has 6 nitrogen and oxygen atoms in total. The Kier molecular flexibility index (Phi) is 4.30. The number of hydrogen-bond donors (Lipinski definition) is 2. The Labute approximate surface area is 161 Å². The minimum absolute atomic E-state index is 0.0157. The van der Waals surface area contributed by atoms with Gasteiger partial charge in [0.1, 0.15) is 17.5 Å². The molecule has 1 aliphatic carbocycles. The molecule has 3 N–H and O–H groups in total. The van der Waals surface area contributed by atoms with Gasteiger partial charge in [-0.15, -0.1) is 0 Å². The number of aromatic nitrogens is 2. The summed E-state index contributed by atoms with van der Waals surface area (Å²) >= 11 is 6.22. The molecule has 0 unspecified atom stereocenters. The standard InChI is InChI=1S/C20H16ClN5O/c21-18-4-2-1-3-15(18)16-9-17(16)20(27)25-13-5-7-14(8-6-13)26-19(23)12(10-22)11-24-26/h1-8,11,16-17H,9,23H2,(H,25,27)/t16-,17+/m1/s1. The van der Waals surface area contributed by atoms with Gasteiger partial charge in [-0.25, -0.2) is 4.68 Å². The SMILES string of the molecule is N#Cc1cnn(-c2ccc(NC(=O)[C@H]3C[C@@H]3c3ccccc3Cl)cc2)c1N. The molecule has 27 heavy (non-hydrogen) atoms. The molecule has 0 saturated heterocycles. The molecule has 0 radical (unpaired) electrons. The molecule has 2 atom stereocenters. The van der Waals surface area contributed by atoms with Crippen LogP contribution in [0.1, 0.15) is 23.5 Å². The van der Waals surface area contributed by atoms with Gasteiger partial charge in [0.15, 0.2) is 0 Å². The third-order valence-corrected chi connectivity index (χ3v) is 5.08. The van der Waals surface area contributed by atoms with Gasteiger partial charge in [-0.3, -0.25) is 4.79 Å². The average molecular weight is 378 g/mol. The summed E-state index contributed by atoms with van der Waals surface area (Å²) in [5.41, 5.74) is 8.65. The Morgan fingerprint density at radius 2 is 2.00 bits per heavy atom. The number of rotatable bonds is 4. The minimum atomic E-state index is -0.0653. The van der Waals surface area contributed by atoms with Gasteiger partial charge in [0.2, 0.25) is 5.91 Å². The summed E-state index contributed by atoms with van der Waals surface area (Å²) in [5.74, 6) is 0.378. The number of halogens is 1. The van der Waals surface area contributed by atoms with Crippen LogP contribution in [0.25, 0.3) is 5.69 Å². The van der Waals surface area contributed by atoms with E-state index in [1.807, 2.05) is 30.3 Å². The molecule has 1 amide bonds. The number of carbonyl (C=O) groups is 1. The van der Waals surface area contributed by atoms with Crippen molar-refractivity contribution in [2.75, 3.05) is 11.1 Å². The van der Waals surface area contributed by atoms with Crippen molar-refractivity contribution in [1.29, 1.82) is 5.26 Å². The number of nitrogens with two attached hydrogens (primary N) is 1. The molecule has 1 saturated carbocycles. The molecule has 1 aromatic heterocycles. The van der Waals surface area contributed by atoms with Gasteiger partial charge in [0.25, 0.3) is 0 Å². The highest BCUT2D eigenvalue weighted by Crippen LogP contribution is 2.50. The van der Waals surface area contributed by atoms with Gasteiger partial charge in [-0.1, -0.05) is 29.8 Å². The highest BCUT2D eigenvalue weighted by Gasteiger charge is 2.44. The lowest BCUT2D eigenvalue weighted by molar-refractivity contribution is -0.117. The first-order valence-corrected chi connectivity index (χ1v) is 8.85. The van der Waals surface area contributed by atoms with Crippen LogP contribution in [0.4, 0.5) is 11.5 Å². The monoisotopic (exact) mass is 377 g/mol. The lowest BCUT2D eigenvalue weighted by atomic mass is 10.1. The van der Waals surface area contributed by atoms with Crippen molar-refractivity contribution in [3.8, 4) is 11.8 Å². The summed E-state index contributed by atoms with van der Waals surface area (Å²) in [6, 6.07) is 16.8. The van der Waals surface area contributed by atoms with Crippen LogP contribution >= 0.6 is 11.6 Å². The van der Waals surface area contributed by atoms with Crippen LogP contribution in [0.2, 0.25) is 5.02 Å². The number of anilines is 2. The zero-order valence-corrected chi connectivity index (χ0v) is 15.0. The maximum Gasteiger partial charge on any atom is 0.228 e. The van der Waals surface area contributed by atoms with Gasteiger partial charge < -0.3 is 11.1 Å². The summed E-state index contributed by atoms with van der Waals surface area (Å²) in [4.78, 5) is 12.5. The predicted molar refractivity (Wildman–Crippen MR) is 104 cm³/mol. The predicted octanol–water partition coefficient (Wildman–Crippen LogP) is 3.72. The maximum absolute atomic E-state index is 12.5. The number of nitrogens with one attached hydrogen (secondary N) is 1. The van der Waals surface area contributed by atoms with Crippen molar-refractivity contribution < 1.29 is 4.79 Å². The summed E-state index contributed by atoms with van der Waals surface area (Å²) < 4.78 is 1.48. The Balaban J connectivity index is 1.43. The maximum atomic E-state index is 12.5. The molecular formula is C20H16ClN5O.